The van der Waals surface area contributed by atoms with Gasteiger partial charge in [0.25, 0.3) is 0 Å². The fourth-order valence-electron chi connectivity index (χ4n) is 1.57. The molecule has 0 aliphatic heterocycles. The van der Waals surface area contributed by atoms with Crippen molar-refractivity contribution in [1.82, 2.24) is 9.55 Å². The van der Waals surface area contributed by atoms with E-state index < -0.39 is 0 Å². The van der Waals surface area contributed by atoms with Crippen LogP contribution in [0.3, 0.4) is 0 Å². The van der Waals surface area contributed by atoms with E-state index >= 15 is 0 Å². The zero-order valence-electron chi connectivity index (χ0n) is 8.94. The van der Waals surface area contributed by atoms with Crippen LogP contribution in [0.1, 0.15) is 0 Å². The van der Waals surface area contributed by atoms with Gasteiger partial charge in [-0.2, -0.15) is 0 Å². The van der Waals surface area contributed by atoms with Crippen LogP contribution in [0, 0.1) is 0 Å². The molecule has 0 saturated carbocycles. The summed E-state index contributed by atoms with van der Waals surface area (Å²) in [5.41, 5.74) is 2.09. The number of nitrogens with zero attached hydrogens (tertiary/aromatic N) is 2. The van der Waals surface area contributed by atoms with Crippen LogP contribution in [-0.2, 0) is 6.54 Å². The monoisotopic (exact) mass is 232 g/mol. The maximum absolute atomic E-state index is 5.73. The predicted octanol–water partition coefficient (Wildman–Crippen LogP) is 3.35. The number of allylic oxidation sites excluding steroid dienone is 1. The zero-order chi connectivity index (χ0) is 11.4. The summed E-state index contributed by atoms with van der Waals surface area (Å²) in [6.07, 6.45) is 3.74. The summed E-state index contributed by atoms with van der Waals surface area (Å²) in [7, 11) is 0. The van der Waals surface area contributed by atoms with Gasteiger partial charge >= 0.3 is 0 Å². The highest BCUT2D eigenvalue weighted by Gasteiger charge is 2.05. The van der Waals surface area contributed by atoms with Gasteiger partial charge in [0.15, 0.2) is 0 Å². The number of benzene rings is 1. The van der Waals surface area contributed by atoms with Crippen molar-refractivity contribution >= 4 is 11.6 Å². The number of alkyl halides is 1. The molecule has 1 heterocycles. The van der Waals surface area contributed by atoms with Gasteiger partial charge in [-0.3, -0.25) is 0 Å². The van der Waals surface area contributed by atoms with Gasteiger partial charge in [-0.1, -0.05) is 36.9 Å². The lowest BCUT2D eigenvalue weighted by Crippen LogP contribution is -2.02. The van der Waals surface area contributed by atoms with E-state index in [9.17, 15) is 0 Å². The molecular weight excluding hydrogens is 220 g/mol. The molecule has 0 saturated heterocycles. The van der Waals surface area contributed by atoms with Crippen molar-refractivity contribution in [3.05, 3.63) is 54.9 Å². The van der Waals surface area contributed by atoms with Crippen LogP contribution in [0.4, 0.5) is 0 Å². The van der Waals surface area contributed by atoms with E-state index in [2.05, 4.69) is 16.1 Å². The Morgan fingerprint density at radius 1 is 1.31 bits per heavy atom. The highest BCUT2D eigenvalue weighted by molar-refractivity contribution is 6.19. The summed E-state index contributed by atoms with van der Waals surface area (Å²) in [5.74, 6) is 1.43. The molecule has 82 valence electrons. The lowest BCUT2D eigenvalue weighted by molar-refractivity contribution is 0.796. The van der Waals surface area contributed by atoms with E-state index in [4.69, 9.17) is 11.6 Å². The van der Waals surface area contributed by atoms with Crippen LogP contribution >= 0.6 is 11.6 Å². The van der Waals surface area contributed by atoms with Gasteiger partial charge in [0, 0.05) is 30.4 Å². The second-order valence-electron chi connectivity index (χ2n) is 3.63. The van der Waals surface area contributed by atoms with E-state index in [0.29, 0.717) is 12.4 Å². The van der Waals surface area contributed by atoms with Crippen molar-refractivity contribution in [2.75, 3.05) is 5.88 Å². The molecule has 0 atom stereocenters. The molecule has 3 heteroatoms. The van der Waals surface area contributed by atoms with Gasteiger partial charge in [-0.25, -0.2) is 4.98 Å². The molecule has 0 aliphatic rings. The first-order chi connectivity index (χ1) is 7.81. The van der Waals surface area contributed by atoms with Crippen LogP contribution in [0.25, 0.3) is 11.4 Å². The van der Waals surface area contributed by atoms with Crippen LogP contribution in [0.2, 0.25) is 0 Å². The minimum Gasteiger partial charge on any atom is -0.327 e. The summed E-state index contributed by atoms with van der Waals surface area (Å²) in [5, 5.41) is 0. The largest absolute Gasteiger partial charge is 0.327 e. The Balaban J connectivity index is 2.29. The number of imidazole rings is 1. The summed E-state index contributed by atoms with van der Waals surface area (Å²) >= 11 is 5.73. The molecule has 0 radical (unpaired) electrons. The standard InChI is InChI=1S/C13H13ClN2/c1-11(9-14)10-16-8-7-15-13(16)12-5-3-2-4-6-12/h2-8H,1,9-10H2. The van der Waals surface area contributed by atoms with E-state index in [1.165, 1.54) is 0 Å². The van der Waals surface area contributed by atoms with E-state index in [1.807, 2.05) is 36.5 Å². The maximum Gasteiger partial charge on any atom is 0.140 e. The van der Waals surface area contributed by atoms with Crippen LogP contribution in [0.5, 0.6) is 0 Å². The highest BCUT2D eigenvalue weighted by atomic mass is 35.5. The first kappa shape index (κ1) is 11.0. The molecule has 0 fully saturated rings. The number of halogens is 1. The molecule has 0 unspecified atom stereocenters. The van der Waals surface area contributed by atoms with Gasteiger partial charge in [-0.15, -0.1) is 11.6 Å². The Morgan fingerprint density at radius 3 is 2.75 bits per heavy atom. The van der Waals surface area contributed by atoms with Crippen LogP contribution in [-0.4, -0.2) is 15.4 Å². The van der Waals surface area contributed by atoms with Crippen molar-refractivity contribution in [3.8, 4) is 11.4 Å². The van der Waals surface area contributed by atoms with E-state index in [0.717, 1.165) is 17.0 Å². The number of rotatable bonds is 4. The van der Waals surface area contributed by atoms with Gasteiger partial charge < -0.3 is 4.57 Å². The Kier molecular flexibility index (Phi) is 3.42. The molecule has 0 bridgehead atoms. The van der Waals surface area contributed by atoms with E-state index in [-0.39, 0.29) is 0 Å². The average Bonchev–Trinajstić information content (AvgIpc) is 2.78. The van der Waals surface area contributed by atoms with Crippen molar-refractivity contribution in [1.29, 1.82) is 0 Å². The number of hydrogen-bond acceptors (Lipinski definition) is 1. The molecule has 2 rings (SSSR count). The molecule has 0 spiro atoms. The third-order valence-corrected chi connectivity index (χ3v) is 2.71. The Hall–Kier alpha value is -1.54. The molecule has 16 heavy (non-hydrogen) atoms. The molecule has 0 aliphatic carbocycles. The molecule has 0 N–H and O–H groups in total. The first-order valence-electron chi connectivity index (χ1n) is 5.10. The first-order valence-corrected chi connectivity index (χ1v) is 5.64. The summed E-state index contributed by atoms with van der Waals surface area (Å²) in [6.45, 7) is 4.62. The van der Waals surface area contributed by atoms with Crippen molar-refractivity contribution < 1.29 is 0 Å². The minimum atomic E-state index is 0.479. The minimum absolute atomic E-state index is 0.479. The second-order valence-corrected chi connectivity index (χ2v) is 3.90. The zero-order valence-corrected chi connectivity index (χ0v) is 9.69. The quantitative estimate of drug-likeness (QED) is 0.584. The molecule has 1 aromatic carbocycles. The lowest BCUT2D eigenvalue weighted by atomic mass is 10.2. The smallest absolute Gasteiger partial charge is 0.140 e. The predicted molar refractivity (Wildman–Crippen MR) is 67.5 cm³/mol. The van der Waals surface area contributed by atoms with Gasteiger partial charge in [0.05, 0.1) is 0 Å². The number of hydrogen-bond donors (Lipinski definition) is 0. The van der Waals surface area contributed by atoms with E-state index in [1.54, 1.807) is 6.20 Å². The Bertz CT molecular complexity index is 474. The maximum atomic E-state index is 5.73. The van der Waals surface area contributed by atoms with Crippen molar-refractivity contribution in [2.45, 2.75) is 6.54 Å². The van der Waals surface area contributed by atoms with Crippen molar-refractivity contribution in [2.24, 2.45) is 0 Å². The van der Waals surface area contributed by atoms with Crippen molar-refractivity contribution in [3.63, 3.8) is 0 Å². The average molecular weight is 233 g/mol. The lowest BCUT2D eigenvalue weighted by Gasteiger charge is -2.08. The van der Waals surface area contributed by atoms with Gasteiger partial charge in [0.1, 0.15) is 5.82 Å². The number of aromatic nitrogens is 2. The summed E-state index contributed by atoms with van der Waals surface area (Å²) < 4.78 is 2.06. The topological polar surface area (TPSA) is 17.8 Å². The highest BCUT2D eigenvalue weighted by Crippen LogP contribution is 2.17. The molecule has 2 nitrogen and oxygen atoms in total. The van der Waals surface area contributed by atoms with Crippen LogP contribution < -0.4 is 0 Å². The Labute approximate surface area is 100 Å². The second kappa shape index (κ2) is 4.99. The third kappa shape index (κ3) is 2.34. The molecule has 0 amide bonds. The SMILES string of the molecule is C=C(CCl)Cn1ccnc1-c1ccccc1. The van der Waals surface area contributed by atoms with Crippen LogP contribution in [0.15, 0.2) is 54.9 Å². The molecular formula is C13H13ClN2. The molecule has 2 aromatic rings. The summed E-state index contributed by atoms with van der Waals surface area (Å²) in [6, 6.07) is 10.1. The fraction of sp³-hybridized carbons (Fsp3) is 0.154. The van der Waals surface area contributed by atoms with Gasteiger partial charge in [0.2, 0.25) is 0 Å². The molecule has 1 aromatic heterocycles. The Morgan fingerprint density at radius 2 is 2.06 bits per heavy atom. The van der Waals surface area contributed by atoms with Gasteiger partial charge in [-0.05, 0) is 5.57 Å². The summed E-state index contributed by atoms with van der Waals surface area (Å²) in [4.78, 5) is 4.35. The fourth-order valence-corrected chi connectivity index (χ4v) is 1.65. The normalized spacial score (nSPS) is 10.3. The third-order valence-electron chi connectivity index (χ3n) is 2.33.